The zero-order valence-electron chi connectivity index (χ0n) is 18.5. The van der Waals surface area contributed by atoms with Crippen LogP contribution in [0.3, 0.4) is 0 Å². The molecule has 0 aliphatic carbocycles. The highest BCUT2D eigenvalue weighted by atomic mass is 17.1. The minimum absolute atomic E-state index is 0.249. The van der Waals surface area contributed by atoms with Gasteiger partial charge in [-0.2, -0.15) is 0 Å². The summed E-state index contributed by atoms with van der Waals surface area (Å²) in [6, 6.07) is 29.7. The molecule has 0 saturated carbocycles. The Morgan fingerprint density at radius 3 is 1.76 bits per heavy atom. The van der Waals surface area contributed by atoms with Crippen LogP contribution in [0.25, 0.3) is 0 Å². The first-order valence-electron chi connectivity index (χ1n) is 11.2. The molecule has 6 heteroatoms. The van der Waals surface area contributed by atoms with Crippen molar-refractivity contribution in [1.82, 2.24) is 0 Å². The van der Waals surface area contributed by atoms with Crippen molar-refractivity contribution in [1.29, 1.82) is 0 Å². The molecule has 4 rings (SSSR count). The topological polar surface area (TPSA) is 69.2 Å². The third-order valence-electron chi connectivity index (χ3n) is 5.58. The van der Waals surface area contributed by atoms with Gasteiger partial charge in [0.25, 0.3) is 0 Å². The lowest BCUT2D eigenvalue weighted by atomic mass is 10.0. The fourth-order valence-corrected chi connectivity index (χ4v) is 3.88. The van der Waals surface area contributed by atoms with Gasteiger partial charge in [0.15, 0.2) is 6.29 Å². The minimum atomic E-state index is -0.923. The highest BCUT2D eigenvalue weighted by Crippen LogP contribution is 2.28. The SMILES string of the molecule is [O-]O[C@H]1C[C@@H](OCc2ccccc2)[C@H](OCc2ccccc2)[C@H](COCc2ccccc2)O1. The first kappa shape index (κ1) is 23.6. The van der Waals surface area contributed by atoms with Crippen molar-refractivity contribution in [3.63, 3.8) is 0 Å². The van der Waals surface area contributed by atoms with Crippen LogP contribution >= 0.6 is 0 Å². The molecule has 1 fully saturated rings. The molecule has 0 amide bonds. The van der Waals surface area contributed by atoms with E-state index in [-0.39, 0.29) is 19.1 Å². The highest BCUT2D eigenvalue weighted by Gasteiger charge is 2.40. The Balaban J connectivity index is 1.44. The van der Waals surface area contributed by atoms with Gasteiger partial charge in [-0.1, -0.05) is 91.0 Å². The molecule has 0 bridgehead atoms. The van der Waals surface area contributed by atoms with E-state index in [2.05, 4.69) is 4.89 Å². The fourth-order valence-electron chi connectivity index (χ4n) is 3.88. The molecule has 1 heterocycles. The number of rotatable bonds is 11. The highest BCUT2D eigenvalue weighted by molar-refractivity contribution is 5.15. The number of ether oxygens (including phenoxy) is 4. The van der Waals surface area contributed by atoms with Crippen molar-refractivity contribution in [3.8, 4) is 0 Å². The van der Waals surface area contributed by atoms with E-state index in [9.17, 15) is 5.26 Å². The molecular formula is C27H29O6-. The molecule has 1 aliphatic heterocycles. The monoisotopic (exact) mass is 449 g/mol. The van der Waals surface area contributed by atoms with Crippen LogP contribution in [0.5, 0.6) is 0 Å². The van der Waals surface area contributed by atoms with Crippen molar-refractivity contribution in [2.75, 3.05) is 6.61 Å². The van der Waals surface area contributed by atoms with Gasteiger partial charge in [0.2, 0.25) is 0 Å². The third kappa shape index (κ3) is 7.20. The summed E-state index contributed by atoms with van der Waals surface area (Å²) in [4.78, 5) is 4.32. The van der Waals surface area contributed by atoms with E-state index in [0.717, 1.165) is 16.7 Å². The largest absolute Gasteiger partial charge is 0.721 e. The lowest BCUT2D eigenvalue weighted by Crippen LogP contribution is -2.53. The third-order valence-corrected chi connectivity index (χ3v) is 5.58. The zero-order valence-corrected chi connectivity index (χ0v) is 18.5. The van der Waals surface area contributed by atoms with Gasteiger partial charge in [-0.05, 0) is 16.7 Å². The lowest BCUT2D eigenvalue weighted by Gasteiger charge is -2.42. The number of hydrogen-bond acceptors (Lipinski definition) is 6. The molecular weight excluding hydrogens is 420 g/mol. The van der Waals surface area contributed by atoms with E-state index in [1.807, 2.05) is 91.0 Å². The van der Waals surface area contributed by atoms with Gasteiger partial charge >= 0.3 is 0 Å². The molecule has 6 nitrogen and oxygen atoms in total. The Hall–Kier alpha value is -2.58. The van der Waals surface area contributed by atoms with Crippen LogP contribution in [-0.4, -0.2) is 31.2 Å². The first-order chi connectivity index (χ1) is 16.3. The molecule has 0 unspecified atom stereocenters. The lowest BCUT2D eigenvalue weighted by molar-refractivity contribution is -0.722. The summed E-state index contributed by atoms with van der Waals surface area (Å²) in [5, 5.41) is 11.3. The van der Waals surface area contributed by atoms with Gasteiger partial charge in [-0.15, -0.1) is 0 Å². The van der Waals surface area contributed by atoms with Crippen LogP contribution in [0.15, 0.2) is 91.0 Å². The number of benzene rings is 3. The minimum Gasteiger partial charge on any atom is -0.721 e. The van der Waals surface area contributed by atoms with Gasteiger partial charge in [-0.3, -0.25) is 0 Å². The second-order valence-corrected chi connectivity index (χ2v) is 8.03. The Morgan fingerprint density at radius 2 is 1.21 bits per heavy atom. The predicted molar refractivity (Wildman–Crippen MR) is 120 cm³/mol. The van der Waals surface area contributed by atoms with Crippen LogP contribution in [0.1, 0.15) is 23.1 Å². The van der Waals surface area contributed by atoms with Crippen LogP contribution in [0.2, 0.25) is 0 Å². The second-order valence-electron chi connectivity index (χ2n) is 8.03. The summed E-state index contributed by atoms with van der Waals surface area (Å²) in [5.74, 6) is 0. The summed E-state index contributed by atoms with van der Waals surface area (Å²) >= 11 is 0. The Kier molecular flexibility index (Phi) is 9.00. The summed E-state index contributed by atoms with van der Waals surface area (Å²) in [6.45, 7) is 1.49. The molecule has 1 aliphatic rings. The average Bonchev–Trinajstić information content (AvgIpc) is 2.88. The van der Waals surface area contributed by atoms with E-state index in [4.69, 9.17) is 18.9 Å². The summed E-state index contributed by atoms with van der Waals surface area (Å²) in [7, 11) is 0. The van der Waals surface area contributed by atoms with E-state index in [0.29, 0.717) is 19.8 Å². The summed E-state index contributed by atoms with van der Waals surface area (Å²) in [5.41, 5.74) is 3.15. The molecule has 33 heavy (non-hydrogen) atoms. The maximum Gasteiger partial charge on any atom is 0.151 e. The second kappa shape index (κ2) is 12.6. The van der Waals surface area contributed by atoms with Crippen molar-refractivity contribution >= 4 is 0 Å². The molecule has 1 saturated heterocycles. The maximum absolute atomic E-state index is 11.3. The van der Waals surface area contributed by atoms with Crippen LogP contribution < -0.4 is 5.26 Å². The maximum atomic E-state index is 11.3. The Bertz CT molecular complexity index is 921. The summed E-state index contributed by atoms with van der Waals surface area (Å²) in [6.07, 6.45) is -1.95. The molecule has 0 aromatic heterocycles. The van der Waals surface area contributed by atoms with Crippen molar-refractivity contribution in [2.45, 2.75) is 50.8 Å². The van der Waals surface area contributed by atoms with E-state index in [1.165, 1.54) is 0 Å². The van der Waals surface area contributed by atoms with E-state index < -0.39 is 18.5 Å². The van der Waals surface area contributed by atoms with Gasteiger partial charge in [-0.25, -0.2) is 0 Å². The van der Waals surface area contributed by atoms with Gasteiger partial charge in [0.05, 0.1) is 32.5 Å². The fraction of sp³-hybridized carbons (Fsp3) is 0.333. The molecule has 3 aromatic carbocycles. The predicted octanol–water partition coefficient (Wildman–Crippen LogP) is 3.78. The zero-order chi connectivity index (χ0) is 22.7. The van der Waals surface area contributed by atoms with Crippen LogP contribution in [0.4, 0.5) is 0 Å². The molecule has 174 valence electrons. The number of hydrogen-bond donors (Lipinski definition) is 0. The average molecular weight is 450 g/mol. The van der Waals surface area contributed by atoms with Crippen LogP contribution in [0, 0.1) is 0 Å². The summed E-state index contributed by atoms with van der Waals surface area (Å²) < 4.78 is 24.3. The molecule has 0 N–H and O–H groups in total. The van der Waals surface area contributed by atoms with E-state index in [1.54, 1.807) is 0 Å². The normalized spacial score (nSPS) is 22.8. The molecule has 0 radical (unpaired) electrons. The molecule has 0 spiro atoms. The van der Waals surface area contributed by atoms with Crippen molar-refractivity contribution < 1.29 is 29.1 Å². The van der Waals surface area contributed by atoms with Gasteiger partial charge in [0.1, 0.15) is 12.2 Å². The van der Waals surface area contributed by atoms with Crippen LogP contribution in [-0.2, 0) is 43.7 Å². The van der Waals surface area contributed by atoms with Crippen molar-refractivity contribution in [3.05, 3.63) is 108 Å². The van der Waals surface area contributed by atoms with Crippen molar-refractivity contribution in [2.24, 2.45) is 0 Å². The Morgan fingerprint density at radius 1 is 0.697 bits per heavy atom. The Labute approximate surface area is 194 Å². The molecule has 4 atom stereocenters. The van der Waals surface area contributed by atoms with Gasteiger partial charge in [0, 0.05) is 6.42 Å². The quantitative estimate of drug-likeness (QED) is 0.328. The van der Waals surface area contributed by atoms with E-state index >= 15 is 0 Å². The standard InChI is InChI=1S/C27H30O6/c28-33-26-16-24(30-18-22-12-6-2-7-13-22)27(31-19-23-14-8-3-9-15-23)25(32-26)20-29-17-21-10-4-1-5-11-21/h1-15,24-28H,16-20H2/p-1/t24-,25+,26+,27+/m1/s1. The smallest absolute Gasteiger partial charge is 0.151 e. The first-order valence-corrected chi connectivity index (χ1v) is 11.2. The molecule has 3 aromatic rings. The van der Waals surface area contributed by atoms with Gasteiger partial charge < -0.3 is 29.1 Å².